The second-order valence-electron chi connectivity index (χ2n) is 6.09. The van der Waals surface area contributed by atoms with Gasteiger partial charge in [0.15, 0.2) is 5.75 Å². The Labute approximate surface area is 180 Å². The molecule has 0 fully saturated rings. The average molecular weight is 450 g/mol. The van der Waals surface area contributed by atoms with Crippen molar-refractivity contribution >= 4 is 35.3 Å². The molecule has 2 heterocycles. The van der Waals surface area contributed by atoms with Gasteiger partial charge < -0.3 is 4.74 Å². The third-order valence-corrected chi connectivity index (χ3v) is 4.36. The summed E-state index contributed by atoms with van der Waals surface area (Å²) in [5, 5.41) is 16.4. The Kier molecular flexibility index (Phi) is 6.48. The van der Waals surface area contributed by atoms with E-state index < -0.39 is 11.5 Å². The number of nitrogens with one attached hydrogen (secondary N) is 2. The molecule has 1 aromatic carbocycles. The molecule has 12 heteroatoms. The van der Waals surface area contributed by atoms with Gasteiger partial charge in [0.1, 0.15) is 11.4 Å². The molecule has 30 heavy (non-hydrogen) atoms. The van der Waals surface area contributed by atoms with E-state index in [4.69, 9.17) is 27.9 Å². The molecule has 3 rings (SSSR count). The van der Waals surface area contributed by atoms with E-state index in [-0.39, 0.29) is 17.3 Å². The third-order valence-electron chi connectivity index (χ3n) is 3.80. The first-order valence-corrected chi connectivity index (χ1v) is 9.51. The standard InChI is InChI=1S/C18H17Cl2N7O3/c1-4-30-15-12(19)6-11(7-13(15)20)8-21-24-17(29)14-5-9(2)26-27(14)18-22-16(28)10(3)23-25-18/h5-8H,4H2,1-3H3,(H,24,29)(H,22,25,28)/b21-8-. The SMILES string of the molecule is CCOc1c(Cl)cc(/C=N\NC(=O)c2cc(C)nn2-c2nnc(C)c(=O)[nH]2)cc1Cl. The molecule has 0 spiro atoms. The van der Waals surface area contributed by atoms with Crippen molar-refractivity contribution in [3.05, 3.63) is 61.2 Å². The first-order chi connectivity index (χ1) is 14.3. The topological polar surface area (TPSA) is 127 Å². The van der Waals surface area contributed by atoms with Crippen LogP contribution >= 0.6 is 23.2 Å². The van der Waals surface area contributed by atoms with Crippen molar-refractivity contribution in [2.75, 3.05) is 6.61 Å². The molecule has 0 saturated carbocycles. The highest BCUT2D eigenvalue weighted by molar-refractivity contribution is 6.37. The van der Waals surface area contributed by atoms with Crippen LogP contribution in [0, 0.1) is 13.8 Å². The summed E-state index contributed by atoms with van der Waals surface area (Å²) in [7, 11) is 0. The van der Waals surface area contributed by atoms with Gasteiger partial charge in [0, 0.05) is 0 Å². The molecule has 0 aliphatic carbocycles. The van der Waals surface area contributed by atoms with Crippen LogP contribution < -0.4 is 15.7 Å². The number of rotatable bonds is 6. The maximum Gasteiger partial charge on any atom is 0.290 e. The maximum absolute atomic E-state index is 12.6. The third kappa shape index (κ3) is 4.66. The first kappa shape index (κ1) is 21.5. The van der Waals surface area contributed by atoms with Crippen LogP contribution in [-0.4, -0.2) is 43.7 Å². The highest BCUT2D eigenvalue weighted by atomic mass is 35.5. The number of hydrogen-bond acceptors (Lipinski definition) is 7. The number of nitrogens with zero attached hydrogens (tertiary/aromatic N) is 5. The van der Waals surface area contributed by atoms with E-state index in [1.807, 2.05) is 6.92 Å². The van der Waals surface area contributed by atoms with Gasteiger partial charge in [-0.2, -0.15) is 14.9 Å². The smallest absolute Gasteiger partial charge is 0.290 e. The van der Waals surface area contributed by atoms with E-state index >= 15 is 0 Å². The molecule has 1 amide bonds. The molecule has 2 N–H and O–H groups in total. The van der Waals surface area contributed by atoms with Crippen molar-refractivity contribution in [2.45, 2.75) is 20.8 Å². The fourth-order valence-electron chi connectivity index (χ4n) is 2.46. The lowest BCUT2D eigenvalue weighted by Crippen LogP contribution is -2.24. The van der Waals surface area contributed by atoms with Gasteiger partial charge >= 0.3 is 0 Å². The summed E-state index contributed by atoms with van der Waals surface area (Å²) >= 11 is 12.3. The summed E-state index contributed by atoms with van der Waals surface area (Å²) in [6, 6.07) is 4.74. The lowest BCUT2D eigenvalue weighted by atomic mass is 10.2. The molecule has 0 saturated heterocycles. The van der Waals surface area contributed by atoms with E-state index in [2.05, 4.69) is 30.8 Å². The average Bonchev–Trinajstić information content (AvgIpc) is 3.08. The number of carbonyl (C=O) groups is 1. The van der Waals surface area contributed by atoms with Crippen LogP contribution in [0.15, 0.2) is 28.1 Å². The summed E-state index contributed by atoms with van der Waals surface area (Å²) in [6.45, 7) is 5.46. The van der Waals surface area contributed by atoms with Gasteiger partial charge in [0.05, 0.1) is 28.6 Å². The Balaban J connectivity index is 1.80. The quantitative estimate of drug-likeness (QED) is 0.439. The number of hydrazone groups is 1. The Morgan fingerprint density at radius 3 is 2.60 bits per heavy atom. The number of aryl methyl sites for hydroxylation is 2. The molecule has 0 unspecified atom stereocenters. The minimum atomic E-state index is -0.571. The number of halogens is 2. The normalized spacial score (nSPS) is 11.1. The number of ether oxygens (including phenoxy) is 1. The minimum absolute atomic E-state index is 0.0120. The maximum atomic E-state index is 12.6. The van der Waals surface area contributed by atoms with E-state index in [9.17, 15) is 9.59 Å². The number of aromatic nitrogens is 5. The molecular formula is C18H17Cl2N7O3. The summed E-state index contributed by atoms with van der Waals surface area (Å²) in [6.07, 6.45) is 1.38. The number of H-pyrrole nitrogens is 1. The van der Waals surface area contributed by atoms with E-state index in [0.29, 0.717) is 33.7 Å². The molecule has 156 valence electrons. The Morgan fingerprint density at radius 1 is 1.27 bits per heavy atom. The monoisotopic (exact) mass is 449 g/mol. The molecule has 0 bridgehead atoms. The summed E-state index contributed by atoms with van der Waals surface area (Å²) in [4.78, 5) is 26.9. The molecule has 10 nitrogen and oxygen atoms in total. The number of amides is 1. The molecule has 0 aliphatic heterocycles. The van der Waals surface area contributed by atoms with Crippen molar-refractivity contribution in [2.24, 2.45) is 5.10 Å². The minimum Gasteiger partial charge on any atom is -0.491 e. The van der Waals surface area contributed by atoms with Crippen molar-refractivity contribution in [3.8, 4) is 11.7 Å². The molecular weight excluding hydrogens is 433 g/mol. The van der Waals surface area contributed by atoms with E-state index in [1.54, 1.807) is 19.1 Å². The lowest BCUT2D eigenvalue weighted by molar-refractivity contribution is 0.0947. The highest BCUT2D eigenvalue weighted by Gasteiger charge is 2.17. The number of hydrogen-bond donors (Lipinski definition) is 2. The van der Waals surface area contributed by atoms with Gasteiger partial charge in [-0.25, -0.2) is 5.43 Å². The van der Waals surface area contributed by atoms with Gasteiger partial charge in [-0.15, -0.1) is 10.2 Å². The lowest BCUT2D eigenvalue weighted by Gasteiger charge is -2.08. The van der Waals surface area contributed by atoms with Crippen molar-refractivity contribution in [3.63, 3.8) is 0 Å². The molecule has 0 aliphatic rings. The fraction of sp³-hybridized carbons (Fsp3) is 0.222. The largest absolute Gasteiger partial charge is 0.491 e. The predicted molar refractivity (Wildman–Crippen MR) is 112 cm³/mol. The molecule has 2 aromatic heterocycles. The van der Waals surface area contributed by atoms with Gasteiger partial charge in [-0.05, 0) is 44.5 Å². The van der Waals surface area contributed by atoms with Crippen LogP contribution in [0.1, 0.15) is 34.4 Å². The second-order valence-corrected chi connectivity index (χ2v) is 6.91. The van der Waals surface area contributed by atoms with Crippen LogP contribution in [0.4, 0.5) is 0 Å². The van der Waals surface area contributed by atoms with Gasteiger partial charge in [0.25, 0.3) is 17.4 Å². The van der Waals surface area contributed by atoms with Crippen LogP contribution in [0.5, 0.6) is 5.75 Å². The van der Waals surface area contributed by atoms with Gasteiger partial charge in [0.2, 0.25) is 0 Å². The number of carbonyl (C=O) groups excluding carboxylic acids is 1. The zero-order chi connectivity index (χ0) is 21.8. The summed E-state index contributed by atoms with van der Waals surface area (Å²) < 4.78 is 6.55. The molecule has 0 atom stereocenters. The fourth-order valence-corrected chi connectivity index (χ4v) is 3.07. The Bertz CT molecular complexity index is 1160. The van der Waals surface area contributed by atoms with Crippen LogP contribution in [0.3, 0.4) is 0 Å². The van der Waals surface area contributed by atoms with Crippen LogP contribution in [0.25, 0.3) is 5.95 Å². The zero-order valence-corrected chi connectivity index (χ0v) is 17.7. The van der Waals surface area contributed by atoms with Crippen LogP contribution in [0.2, 0.25) is 10.0 Å². The van der Waals surface area contributed by atoms with Gasteiger partial charge in [-0.1, -0.05) is 23.2 Å². The van der Waals surface area contributed by atoms with Crippen molar-refractivity contribution in [1.29, 1.82) is 0 Å². The van der Waals surface area contributed by atoms with E-state index in [0.717, 1.165) is 0 Å². The zero-order valence-electron chi connectivity index (χ0n) is 16.2. The van der Waals surface area contributed by atoms with E-state index in [1.165, 1.54) is 23.9 Å². The Hall–Kier alpha value is -3.24. The molecule has 3 aromatic rings. The van der Waals surface area contributed by atoms with Crippen molar-refractivity contribution < 1.29 is 9.53 Å². The van der Waals surface area contributed by atoms with Crippen molar-refractivity contribution in [1.82, 2.24) is 30.4 Å². The summed E-state index contributed by atoms with van der Waals surface area (Å²) in [5.41, 5.74) is 3.37. The first-order valence-electron chi connectivity index (χ1n) is 8.76. The number of aromatic amines is 1. The Morgan fingerprint density at radius 2 is 1.97 bits per heavy atom. The summed E-state index contributed by atoms with van der Waals surface area (Å²) in [5.74, 6) is -0.175. The van der Waals surface area contributed by atoms with Gasteiger partial charge in [-0.3, -0.25) is 14.6 Å². The second kappa shape index (κ2) is 9.06. The molecule has 0 radical (unpaired) electrons. The van der Waals surface area contributed by atoms with Crippen LogP contribution in [-0.2, 0) is 0 Å². The number of benzene rings is 1. The highest BCUT2D eigenvalue weighted by Crippen LogP contribution is 2.33. The predicted octanol–water partition coefficient (Wildman–Crippen LogP) is 2.44.